The Kier molecular flexibility index (Phi) is 10.1. The van der Waals surface area contributed by atoms with Gasteiger partial charge in [-0.2, -0.15) is 0 Å². The molecule has 4 fully saturated rings. The number of nitrogens with one attached hydrogen (secondary N) is 1. The number of azide groups is 1. The standard InChI is InChI=1S/C24H36O4.C10H13N5O4/c1-14(22(26)27)19-7-8-20-18-6-5-16-13-17(28-15(2)25)9-11-23(16,3)21(18)10-12-24(19,20)4;1-5-3-15(10(18)12-9(5)17)8-2-6(13-14-11)7(4-16)19-8/h13-14,17-21H,5-12H2,1-4H3,(H,26,27);3,6-8,16H,2,4H2,1H3,(H,12,17,18)/t14-,17?,18-,19+,20-,21-,23-,24+;6-,7+,8+/m00/s1. The largest absolute Gasteiger partial charge is 0.481 e. The van der Waals surface area contributed by atoms with E-state index in [0.29, 0.717) is 23.3 Å². The molecule has 3 N–H and O–H groups in total. The van der Waals surface area contributed by atoms with Crippen LogP contribution in [0.25, 0.3) is 10.4 Å². The minimum atomic E-state index is -0.671. The minimum Gasteiger partial charge on any atom is -0.481 e. The molecule has 47 heavy (non-hydrogen) atoms. The summed E-state index contributed by atoms with van der Waals surface area (Å²) in [5.41, 5.74) is 9.69. The van der Waals surface area contributed by atoms with Gasteiger partial charge in [-0.15, -0.1) is 0 Å². The molecule has 3 saturated carbocycles. The fourth-order valence-corrected chi connectivity index (χ4v) is 10.1. The van der Waals surface area contributed by atoms with Gasteiger partial charge in [-0.3, -0.25) is 23.9 Å². The van der Waals surface area contributed by atoms with E-state index in [9.17, 15) is 24.3 Å². The molecule has 1 aliphatic heterocycles. The first kappa shape index (κ1) is 34.9. The van der Waals surface area contributed by atoms with Crippen molar-refractivity contribution in [2.45, 2.75) is 117 Å². The SMILES string of the molecule is CC(=O)OC1C=C2CC[C@H]3[C@@H]4CC[C@H]([C@H](C)C(=O)O)[C@@]4(C)CC[C@@H]3[C@@]2(C)CC1.Cc1cn([C@H]2C[C@H](N=[N+]=[N-])[C@@H](CO)O2)c(=O)[nH]c1=O. The van der Waals surface area contributed by atoms with Gasteiger partial charge in [-0.1, -0.05) is 31.5 Å². The molecule has 0 spiro atoms. The molecule has 0 aromatic carbocycles. The Morgan fingerprint density at radius 2 is 1.94 bits per heavy atom. The highest BCUT2D eigenvalue weighted by molar-refractivity contribution is 5.70. The molecular weight excluding hydrogens is 606 g/mol. The molecule has 0 bridgehead atoms. The van der Waals surface area contributed by atoms with Crippen LogP contribution in [0.3, 0.4) is 0 Å². The van der Waals surface area contributed by atoms with Crippen LogP contribution in [0.2, 0.25) is 0 Å². The third kappa shape index (κ3) is 6.54. The number of aryl methyl sites for hydroxylation is 1. The van der Waals surface area contributed by atoms with E-state index in [-0.39, 0.29) is 41.8 Å². The summed E-state index contributed by atoms with van der Waals surface area (Å²) in [5.74, 6) is 1.36. The number of H-pyrrole nitrogens is 1. The van der Waals surface area contributed by atoms with Crippen molar-refractivity contribution in [3.05, 3.63) is 54.7 Å². The Bertz CT molecular complexity index is 1560. The number of fused-ring (bicyclic) bond motifs is 5. The number of carbonyl (C=O) groups excluding carboxylic acids is 1. The number of rotatable bonds is 6. The van der Waals surface area contributed by atoms with E-state index in [1.54, 1.807) is 6.92 Å². The number of allylic oxidation sites excluding steroid dienone is 1. The predicted octanol–water partition coefficient (Wildman–Crippen LogP) is 5.02. The number of ether oxygens (including phenoxy) is 2. The van der Waals surface area contributed by atoms with E-state index in [1.807, 2.05) is 6.92 Å². The number of esters is 1. The number of aliphatic hydroxyl groups excluding tert-OH is 1. The van der Waals surface area contributed by atoms with Crippen LogP contribution in [0.15, 0.2) is 32.5 Å². The fourth-order valence-electron chi connectivity index (χ4n) is 10.1. The molecule has 6 rings (SSSR count). The zero-order valence-corrected chi connectivity index (χ0v) is 28.1. The monoisotopic (exact) mass is 655 g/mol. The van der Waals surface area contributed by atoms with Crippen LogP contribution in [0.5, 0.6) is 0 Å². The Balaban J connectivity index is 0.000000199. The van der Waals surface area contributed by atoms with Crippen molar-refractivity contribution in [1.82, 2.24) is 9.55 Å². The molecule has 0 radical (unpaired) electrons. The molecule has 5 aliphatic rings. The second kappa shape index (κ2) is 13.6. The number of aliphatic hydroxyl groups is 1. The Hall–Kier alpha value is -3.41. The number of aromatic nitrogens is 2. The molecule has 2 heterocycles. The maximum absolute atomic E-state index is 11.7. The van der Waals surface area contributed by atoms with Gasteiger partial charge in [0.2, 0.25) is 0 Å². The van der Waals surface area contributed by atoms with Gasteiger partial charge in [0.15, 0.2) is 0 Å². The molecule has 1 aromatic rings. The van der Waals surface area contributed by atoms with Crippen molar-refractivity contribution in [3.8, 4) is 0 Å². The molecule has 1 saturated heterocycles. The molecule has 11 atom stereocenters. The normalized spacial score (nSPS) is 37.9. The van der Waals surface area contributed by atoms with Gasteiger partial charge in [-0.05, 0) is 104 Å². The van der Waals surface area contributed by atoms with Crippen LogP contribution in [0.4, 0.5) is 0 Å². The van der Waals surface area contributed by atoms with Gasteiger partial charge >= 0.3 is 17.6 Å². The van der Waals surface area contributed by atoms with Crippen LogP contribution >= 0.6 is 0 Å². The second-order valence-corrected chi connectivity index (χ2v) is 14.9. The van der Waals surface area contributed by atoms with Crippen molar-refractivity contribution >= 4 is 11.9 Å². The van der Waals surface area contributed by atoms with Gasteiger partial charge in [0.25, 0.3) is 5.56 Å². The lowest BCUT2D eigenvalue weighted by Gasteiger charge is -2.58. The van der Waals surface area contributed by atoms with Gasteiger partial charge in [0, 0.05) is 30.0 Å². The van der Waals surface area contributed by atoms with Crippen molar-refractivity contribution in [1.29, 1.82) is 0 Å². The van der Waals surface area contributed by atoms with Crippen molar-refractivity contribution < 1.29 is 29.3 Å². The number of hydrogen-bond acceptors (Lipinski definition) is 8. The van der Waals surface area contributed by atoms with E-state index >= 15 is 0 Å². The minimum absolute atomic E-state index is 0.0433. The van der Waals surface area contributed by atoms with Crippen LogP contribution in [0.1, 0.15) is 97.3 Å². The maximum Gasteiger partial charge on any atom is 0.330 e. The molecule has 13 heteroatoms. The molecular formula is C34H49N5O8. The summed E-state index contributed by atoms with van der Waals surface area (Å²) in [6, 6.07) is -0.542. The Morgan fingerprint density at radius 3 is 2.60 bits per heavy atom. The van der Waals surface area contributed by atoms with E-state index in [0.717, 1.165) is 38.0 Å². The first-order chi connectivity index (χ1) is 22.2. The summed E-state index contributed by atoms with van der Waals surface area (Å²) in [4.78, 5) is 50.9. The lowest BCUT2D eigenvalue weighted by Crippen LogP contribution is -2.51. The number of aromatic amines is 1. The smallest absolute Gasteiger partial charge is 0.330 e. The average Bonchev–Trinajstić information content (AvgIpc) is 3.59. The van der Waals surface area contributed by atoms with Gasteiger partial charge in [0.05, 0.1) is 24.7 Å². The van der Waals surface area contributed by atoms with Gasteiger partial charge < -0.3 is 19.7 Å². The van der Waals surface area contributed by atoms with Crippen LogP contribution < -0.4 is 11.2 Å². The summed E-state index contributed by atoms with van der Waals surface area (Å²) < 4.78 is 12.2. The summed E-state index contributed by atoms with van der Waals surface area (Å²) in [6.07, 6.45) is 11.6. The first-order valence-electron chi connectivity index (χ1n) is 17.0. The molecule has 4 aliphatic carbocycles. The number of hydrogen-bond donors (Lipinski definition) is 3. The summed E-state index contributed by atoms with van der Waals surface area (Å²) in [5, 5.41) is 22.3. The first-order valence-corrected chi connectivity index (χ1v) is 17.0. The zero-order valence-electron chi connectivity index (χ0n) is 28.1. The van der Waals surface area contributed by atoms with Crippen molar-refractivity contribution in [2.24, 2.45) is 45.5 Å². The van der Waals surface area contributed by atoms with E-state index in [2.05, 4.69) is 34.9 Å². The molecule has 1 aromatic heterocycles. The number of carboxylic acid groups (broad SMARTS) is 1. The average molecular weight is 656 g/mol. The summed E-state index contributed by atoms with van der Waals surface area (Å²) in [6.45, 7) is 9.53. The van der Waals surface area contributed by atoms with Crippen molar-refractivity contribution in [3.63, 3.8) is 0 Å². The molecule has 1 unspecified atom stereocenters. The van der Waals surface area contributed by atoms with E-state index < -0.39 is 35.6 Å². The maximum atomic E-state index is 11.7. The lowest BCUT2D eigenvalue weighted by atomic mass is 9.46. The van der Waals surface area contributed by atoms with Crippen LogP contribution in [-0.4, -0.2) is 56.6 Å². The molecule has 0 amide bonds. The Labute approximate surface area is 274 Å². The highest BCUT2D eigenvalue weighted by atomic mass is 16.5. The van der Waals surface area contributed by atoms with Gasteiger partial charge in [-0.25, -0.2) is 4.79 Å². The number of carbonyl (C=O) groups is 2. The third-order valence-electron chi connectivity index (χ3n) is 12.5. The number of nitrogens with zero attached hydrogens (tertiary/aromatic N) is 4. The van der Waals surface area contributed by atoms with Crippen LogP contribution in [-0.2, 0) is 19.1 Å². The Morgan fingerprint density at radius 1 is 1.19 bits per heavy atom. The fraction of sp³-hybridized carbons (Fsp3) is 0.765. The zero-order chi connectivity index (χ0) is 34.3. The second-order valence-electron chi connectivity index (χ2n) is 14.9. The third-order valence-corrected chi connectivity index (χ3v) is 12.5. The predicted molar refractivity (Wildman–Crippen MR) is 172 cm³/mol. The number of aliphatic carboxylic acids is 1. The highest BCUT2D eigenvalue weighted by Crippen LogP contribution is 2.67. The topological polar surface area (TPSA) is 197 Å². The quantitative estimate of drug-likeness (QED) is 0.125. The van der Waals surface area contributed by atoms with E-state index in [4.69, 9.17) is 20.1 Å². The van der Waals surface area contributed by atoms with Crippen molar-refractivity contribution in [2.75, 3.05) is 6.61 Å². The summed E-state index contributed by atoms with van der Waals surface area (Å²) in [7, 11) is 0. The molecule has 13 nitrogen and oxygen atoms in total. The number of carboxylic acids is 1. The molecule has 258 valence electrons. The lowest BCUT2D eigenvalue weighted by molar-refractivity contribution is -0.146. The van der Waals surface area contributed by atoms with E-state index in [1.165, 1.54) is 42.5 Å². The van der Waals surface area contributed by atoms with Gasteiger partial charge in [0.1, 0.15) is 12.3 Å². The van der Waals surface area contributed by atoms with Crippen LogP contribution in [0, 0.1) is 47.3 Å². The highest BCUT2D eigenvalue weighted by Gasteiger charge is 2.60. The summed E-state index contributed by atoms with van der Waals surface area (Å²) >= 11 is 0.